The lowest BCUT2D eigenvalue weighted by Gasteiger charge is -2.16. The number of aryl methyl sites for hydroxylation is 1. The molecule has 1 unspecified atom stereocenters. The number of hydrogen-bond acceptors (Lipinski definition) is 1. The molecular formula is C14H12ClF2N. The van der Waals surface area contributed by atoms with Crippen LogP contribution in [0.25, 0.3) is 0 Å². The summed E-state index contributed by atoms with van der Waals surface area (Å²) in [4.78, 5) is 0. The van der Waals surface area contributed by atoms with E-state index in [1.54, 1.807) is 18.2 Å². The van der Waals surface area contributed by atoms with E-state index in [-0.39, 0.29) is 5.56 Å². The van der Waals surface area contributed by atoms with Gasteiger partial charge in [0.25, 0.3) is 0 Å². The first-order chi connectivity index (χ1) is 8.50. The summed E-state index contributed by atoms with van der Waals surface area (Å²) in [7, 11) is 0. The number of hydrogen-bond donors (Lipinski definition) is 1. The highest BCUT2D eigenvalue weighted by molar-refractivity contribution is 6.30. The van der Waals surface area contributed by atoms with Gasteiger partial charge in [0.1, 0.15) is 0 Å². The second-order valence-electron chi connectivity index (χ2n) is 4.12. The standard InChI is InChI=1S/C14H12ClF2N/c1-8-5-6-9(15)7-11(8)14(18)10-3-2-4-12(16)13(10)17/h2-7,14H,18H2,1H3. The average Bonchev–Trinajstić information content (AvgIpc) is 2.35. The Kier molecular flexibility index (Phi) is 3.64. The molecule has 0 aliphatic heterocycles. The lowest BCUT2D eigenvalue weighted by molar-refractivity contribution is 0.494. The predicted octanol–water partition coefficient (Wildman–Crippen LogP) is 3.97. The van der Waals surface area contributed by atoms with Crippen molar-refractivity contribution in [2.75, 3.05) is 0 Å². The Balaban J connectivity index is 2.51. The van der Waals surface area contributed by atoms with E-state index in [0.29, 0.717) is 10.6 Å². The third-order valence-corrected chi connectivity index (χ3v) is 3.13. The van der Waals surface area contributed by atoms with E-state index in [4.69, 9.17) is 17.3 Å². The number of nitrogens with two attached hydrogens (primary N) is 1. The van der Waals surface area contributed by atoms with Crippen LogP contribution in [0.1, 0.15) is 22.7 Å². The van der Waals surface area contributed by atoms with E-state index in [1.165, 1.54) is 12.1 Å². The maximum Gasteiger partial charge on any atom is 0.163 e. The summed E-state index contributed by atoms with van der Waals surface area (Å²) in [5.74, 6) is -1.81. The van der Waals surface area contributed by atoms with Gasteiger partial charge in [0.2, 0.25) is 0 Å². The van der Waals surface area contributed by atoms with Gasteiger partial charge in [-0.05, 0) is 36.2 Å². The van der Waals surface area contributed by atoms with E-state index in [0.717, 1.165) is 11.6 Å². The van der Waals surface area contributed by atoms with Crippen LogP contribution in [-0.2, 0) is 0 Å². The molecule has 0 amide bonds. The summed E-state index contributed by atoms with van der Waals surface area (Å²) in [6.07, 6.45) is 0. The maximum atomic E-state index is 13.7. The van der Waals surface area contributed by atoms with Gasteiger partial charge in [-0.2, -0.15) is 0 Å². The van der Waals surface area contributed by atoms with Gasteiger partial charge in [-0.25, -0.2) is 8.78 Å². The molecule has 2 rings (SSSR count). The minimum absolute atomic E-state index is 0.125. The Morgan fingerprint density at radius 3 is 2.56 bits per heavy atom. The SMILES string of the molecule is Cc1ccc(Cl)cc1C(N)c1cccc(F)c1F. The molecule has 1 atom stereocenters. The quantitative estimate of drug-likeness (QED) is 0.875. The number of benzene rings is 2. The first-order valence-corrected chi connectivity index (χ1v) is 5.84. The molecule has 0 saturated carbocycles. The van der Waals surface area contributed by atoms with Gasteiger partial charge in [0.05, 0.1) is 6.04 Å². The third kappa shape index (κ3) is 2.37. The molecule has 0 radical (unpaired) electrons. The Morgan fingerprint density at radius 2 is 1.83 bits per heavy atom. The zero-order chi connectivity index (χ0) is 13.3. The van der Waals surface area contributed by atoms with Gasteiger partial charge in [-0.1, -0.05) is 29.8 Å². The highest BCUT2D eigenvalue weighted by atomic mass is 35.5. The van der Waals surface area contributed by atoms with Crippen LogP contribution < -0.4 is 5.73 Å². The summed E-state index contributed by atoms with van der Waals surface area (Å²) in [6.45, 7) is 1.85. The summed E-state index contributed by atoms with van der Waals surface area (Å²) in [5.41, 5.74) is 7.69. The van der Waals surface area contributed by atoms with Crippen LogP contribution in [0.4, 0.5) is 8.78 Å². The predicted molar refractivity (Wildman–Crippen MR) is 68.6 cm³/mol. The lowest BCUT2D eigenvalue weighted by atomic mass is 9.95. The van der Waals surface area contributed by atoms with Crippen LogP contribution in [0.15, 0.2) is 36.4 Å². The molecule has 0 aromatic heterocycles. The van der Waals surface area contributed by atoms with Crippen molar-refractivity contribution in [3.05, 3.63) is 69.7 Å². The van der Waals surface area contributed by atoms with Crippen LogP contribution in [0.3, 0.4) is 0 Å². The summed E-state index contributed by atoms with van der Waals surface area (Å²) < 4.78 is 26.9. The zero-order valence-electron chi connectivity index (χ0n) is 9.75. The van der Waals surface area contributed by atoms with Crippen molar-refractivity contribution in [2.24, 2.45) is 5.73 Å². The number of rotatable bonds is 2. The molecule has 0 fully saturated rings. The molecule has 18 heavy (non-hydrogen) atoms. The van der Waals surface area contributed by atoms with Crippen LogP contribution >= 0.6 is 11.6 Å². The molecule has 0 bridgehead atoms. The minimum Gasteiger partial charge on any atom is -0.320 e. The Bertz CT molecular complexity index is 582. The lowest BCUT2D eigenvalue weighted by Crippen LogP contribution is -2.15. The summed E-state index contributed by atoms with van der Waals surface area (Å²) >= 11 is 5.90. The van der Waals surface area contributed by atoms with Crippen molar-refractivity contribution >= 4 is 11.6 Å². The molecule has 0 heterocycles. The van der Waals surface area contributed by atoms with Gasteiger partial charge >= 0.3 is 0 Å². The van der Waals surface area contributed by atoms with Crippen molar-refractivity contribution in [1.82, 2.24) is 0 Å². The van der Waals surface area contributed by atoms with E-state index in [2.05, 4.69) is 0 Å². The van der Waals surface area contributed by atoms with E-state index < -0.39 is 17.7 Å². The first-order valence-electron chi connectivity index (χ1n) is 5.46. The molecule has 2 N–H and O–H groups in total. The van der Waals surface area contributed by atoms with Gasteiger partial charge in [-0.15, -0.1) is 0 Å². The second kappa shape index (κ2) is 5.04. The highest BCUT2D eigenvalue weighted by Gasteiger charge is 2.18. The van der Waals surface area contributed by atoms with Crippen LogP contribution in [-0.4, -0.2) is 0 Å². The van der Waals surface area contributed by atoms with Crippen molar-refractivity contribution in [3.8, 4) is 0 Å². The molecule has 0 aliphatic rings. The van der Waals surface area contributed by atoms with Gasteiger partial charge in [0, 0.05) is 10.6 Å². The molecule has 1 nitrogen and oxygen atoms in total. The fourth-order valence-corrected chi connectivity index (χ4v) is 2.06. The fraction of sp³-hybridized carbons (Fsp3) is 0.143. The molecule has 2 aromatic carbocycles. The van der Waals surface area contributed by atoms with Gasteiger partial charge in [0.15, 0.2) is 11.6 Å². The van der Waals surface area contributed by atoms with Crippen LogP contribution in [0, 0.1) is 18.6 Å². The van der Waals surface area contributed by atoms with Crippen LogP contribution in [0.5, 0.6) is 0 Å². The Hall–Kier alpha value is -1.45. The number of halogens is 3. The van der Waals surface area contributed by atoms with Crippen molar-refractivity contribution < 1.29 is 8.78 Å². The average molecular weight is 268 g/mol. The van der Waals surface area contributed by atoms with Crippen molar-refractivity contribution in [3.63, 3.8) is 0 Å². The monoisotopic (exact) mass is 267 g/mol. The third-order valence-electron chi connectivity index (χ3n) is 2.89. The smallest absolute Gasteiger partial charge is 0.163 e. The highest BCUT2D eigenvalue weighted by Crippen LogP contribution is 2.27. The Labute approximate surface area is 109 Å². The normalized spacial score (nSPS) is 12.5. The molecule has 94 valence electrons. The summed E-state index contributed by atoms with van der Waals surface area (Å²) in [6, 6.07) is 8.45. The molecule has 0 spiro atoms. The maximum absolute atomic E-state index is 13.7. The minimum atomic E-state index is -0.913. The molecule has 2 aromatic rings. The van der Waals surface area contributed by atoms with Crippen LogP contribution in [0.2, 0.25) is 5.02 Å². The van der Waals surface area contributed by atoms with E-state index in [1.807, 2.05) is 6.92 Å². The zero-order valence-corrected chi connectivity index (χ0v) is 10.5. The second-order valence-corrected chi connectivity index (χ2v) is 4.56. The van der Waals surface area contributed by atoms with E-state index in [9.17, 15) is 8.78 Å². The fourth-order valence-electron chi connectivity index (χ4n) is 1.87. The van der Waals surface area contributed by atoms with Crippen molar-refractivity contribution in [1.29, 1.82) is 0 Å². The summed E-state index contributed by atoms with van der Waals surface area (Å²) in [5, 5.41) is 0.517. The molecular weight excluding hydrogens is 256 g/mol. The van der Waals surface area contributed by atoms with Gasteiger partial charge in [-0.3, -0.25) is 0 Å². The first kappa shape index (κ1) is 13.0. The largest absolute Gasteiger partial charge is 0.320 e. The topological polar surface area (TPSA) is 26.0 Å². The van der Waals surface area contributed by atoms with E-state index >= 15 is 0 Å². The molecule has 4 heteroatoms. The van der Waals surface area contributed by atoms with Crippen molar-refractivity contribution in [2.45, 2.75) is 13.0 Å². The molecule has 0 aliphatic carbocycles. The molecule has 0 saturated heterocycles. The Morgan fingerprint density at radius 1 is 1.11 bits per heavy atom. The van der Waals surface area contributed by atoms with Gasteiger partial charge < -0.3 is 5.73 Å².